The number of ether oxygens (including phenoxy) is 2. The van der Waals surface area contributed by atoms with Gasteiger partial charge in [0.25, 0.3) is 5.69 Å². The molecule has 0 saturated heterocycles. The number of nitro groups is 1. The molecule has 1 heterocycles. The summed E-state index contributed by atoms with van der Waals surface area (Å²) in [6.45, 7) is 2.18. The van der Waals surface area contributed by atoms with E-state index in [1.54, 1.807) is 12.3 Å². The Morgan fingerprint density at radius 1 is 1.32 bits per heavy atom. The van der Waals surface area contributed by atoms with Gasteiger partial charge in [0.05, 0.1) is 30.2 Å². The van der Waals surface area contributed by atoms with E-state index in [2.05, 4.69) is 10.3 Å². The normalized spacial score (nSPS) is 10.1. The first kappa shape index (κ1) is 18.3. The van der Waals surface area contributed by atoms with Crippen LogP contribution in [0.25, 0.3) is 0 Å². The van der Waals surface area contributed by atoms with Gasteiger partial charge in [-0.2, -0.15) is 0 Å². The Morgan fingerprint density at radius 2 is 2.04 bits per heavy atom. The highest BCUT2D eigenvalue weighted by Gasteiger charge is 2.11. The largest absolute Gasteiger partial charge is 0.466 e. The number of hydrogen-bond donors (Lipinski definition) is 1. The topological polar surface area (TPSA) is 121 Å². The number of hydrogen-bond acceptors (Lipinski definition) is 8. The molecule has 1 aromatic heterocycles. The van der Waals surface area contributed by atoms with E-state index in [-0.39, 0.29) is 30.4 Å². The zero-order valence-electron chi connectivity index (χ0n) is 13.3. The van der Waals surface area contributed by atoms with Gasteiger partial charge in [-0.05, 0) is 19.1 Å². The third-order valence-electron chi connectivity index (χ3n) is 2.87. The molecule has 25 heavy (non-hydrogen) atoms. The SMILES string of the molecule is CCOC(=O)Cc1csc(CNC(=O)Oc2ccc([N+](=O)[O-])cc2)n1. The van der Waals surface area contributed by atoms with Crippen LogP contribution in [0.3, 0.4) is 0 Å². The second-order valence-corrected chi connectivity index (χ2v) is 5.65. The van der Waals surface area contributed by atoms with Gasteiger partial charge in [-0.25, -0.2) is 9.78 Å². The van der Waals surface area contributed by atoms with Crippen molar-refractivity contribution >= 4 is 29.1 Å². The monoisotopic (exact) mass is 365 g/mol. The van der Waals surface area contributed by atoms with E-state index >= 15 is 0 Å². The van der Waals surface area contributed by atoms with Crippen molar-refractivity contribution in [3.63, 3.8) is 0 Å². The van der Waals surface area contributed by atoms with E-state index in [0.717, 1.165) is 0 Å². The molecule has 0 spiro atoms. The van der Waals surface area contributed by atoms with Crippen molar-refractivity contribution in [1.29, 1.82) is 0 Å². The number of carbonyl (C=O) groups is 2. The zero-order chi connectivity index (χ0) is 18.2. The van der Waals surface area contributed by atoms with Gasteiger partial charge in [-0.3, -0.25) is 14.9 Å². The third-order valence-corrected chi connectivity index (χ3v) is 3.77. The van der Waals surface area contributed by atoms with E-state index < -0.39 is 11.0 Å². The number of amides is 1. The van der Waals surface area contributed by atoms with Crippen LogP contribution in [0.5, 0.6) is 5.75 Å². The molecule has 0 bridgehead atoms. The second-order valence-electron chi connectivity index (χ2n) is 4.71. The zero-order valence-corrected chi connectivity index (χ0v) is 14.1. The lowest BCUT2D eigenvalue weighted by atomic mass is 10.3. The number of nitrogens with zero attached hydrogens (tertiary/aromatic N) is 2. The van der Waals surface area contributed by atoms with Gasteiger partial charge >= 0.3 is 12.1 Å². The predicted molar refractivity (Wildman–Crippen MR) is 88.4 cm³/mol. The summed E-state index contributed by atoms with van der Waals surface area (Å²) < 4.78 is 9.84. The molecule has 132 valence electrons. The molecule has 0 unspecified atom stereocenters. The van der Waals surface area contributed by atoms with Gasteiger partial charge in [0.15, 0.2) is 0 Å². The van der Waals surface area contributed by atoms with Crippen LogP contribution in [-0.4, -0.2) is 28.6 Å². The highest BCUT2D eigenvalue weighted by atomic mass is 32.1. The maximum Gasteiger partial charge on any atom is 0.412 e. The van der Waals surface area contributed by atoms with Crippen LogP contribution in [0.1, 0.15) is 17.6 Å². The lowest BCUT2D eigenvalue weighted by Gasteiger charge is -2.05. The fourth-order valence-corrected chi connectivity index (χ4v) is 2.53. The van der Waals surface area contributed by atoms with Crippen LogP contribution < -0.4 is 10.1 Å². The van der Waals surface area contributed by atoms with Gasteiger partial charge in [-0.15, -0.1) is 11.3 Å². The molecule has 10 heteroatoms. The average Bonchev–Trinajstić information content (AvgIpc) is 3.01. The molecule has 2 aromatic rings. The summed E-state index contributed by atoms with van der Waals surface area (Å²) in [6.07, 6.45) is -0.631. The Hall–Kier alpha value is -3.01. The first-order chi connectivity index (χ1) is 12.0. The van der Waals surface area contributed by atoms with Crippen molar-refractivity contribution in [2.24, 2.45) is 0 Å². The van der Waals surface area contributed by atoms with Crippen LogP contribution in [0.2, 0.25) is 0 Å². The fourth-order valence-electron chi connectivity index (χ4n) is 1.80. The summed E-state index contributed by atoms with van der Waals surface area (Å²) in [6, 6.07) is 5.15. The average molecular weight is 365 g/mol. The number of thiazole rings is 1. The minimum atomic E-state index is -0.712. The molecule has 0 aliphatic carbocycles. The highest BCUT2D eigenvalue weighted by Crippen LogP contribution is 2.17. The number of aromatic nitrogens is 1. The minimum Gasteiger partial charge on any atom is -0.466 e. The van der Waals surface area contributed by atoms with Crippen molar-refractivity contribution in [2.45, 2.75) is 19.9 Å². The number of nitrogens with one attached hydrogen (secondary N) is 1. The molecular weight excluding hydrogens is 350 g/mol. The molecule has 0 aliphatic heterocycles. The Morgan fingerprint density at radius 3 is 2.68 bits per heavy atom. The standard InChI is InChI=1S/C15H15N3O6S/c1-2-23-14(19)7-10-9-25-13(17-10)8-16-15(20)24-12-5-3-11(4-6-12)18(21)22/h3-6,9H,2,7-8H2,1H3,(H,16,20). The van der Waals surface area contributed by atoms with Crippen LogP contribution in [0.15, 0.2) is 29.6 Å². The summed E-state index contributed by atoms with van der Waals surface area (Å²) in [4.78, 5) is 37.3. The molecule has 0 saturated carbocycles. The number of benzene rings is 1. The molecule has 1 aromatic carbocycles. The van der Waals surface area contributed by atoms with E-state index in [1.807, 2.05) is 0 Å². The van der Waals surface area contributed by atoms with Crippen molar-refractivity contribution in [1.82, 2.24) is 10.3 Å². The molecule has 1 N–H and O–H groups in total. The predicted octanol–water partition coefficient (Wildman–Crippen LogP) is 2.45. The van der Waals surface area contributed by atoms with Crippen molar-refractivity contribution in [2.75, 3.05) is 6.61 Å². The molecule has 0 radical (unpaired) electrons. The molecular formula is C15H15N3O6S. The molecule has 0 atom stereocenters. The van der Waals surface area contributed by atoms with Crippen molar-refractivity contribution in [3.05, 3.63) is 50.5 Å². The molecule has 0 fully saturated rings. The van der Waals surface area contributed by atoms with E-state index in [0.29, 0.717) is 17.3 Å². The summed E-state index contributed by atoms with van der Waals surface area (Å²) in [7, 11) is 0. The summed E-state index contributed by atoms with van der Waals surface area (Å²) in [5, 5.41) is 15.4. The second kappa shape index (κ2) is 8.73. The van der Waals surface area contributed by atoms with Crippen LogP contribution >= 0.6 is 11.3 Å². The number of esters is 1. The van der Waals surface area contributed by atoms with Gasteiger partial charge in [0.2, 0.25) is 0 Å². The Balaban J connectivity index is 1.80. The van der Waals surface area contributed by atoms with Crippen molar-refractivity contribution in [3.8, 4) is 5.75 Å². The quantitative estimate of drug-likeness (QED) is 0.454. The Kier molecular flexibility index (Phi) is 6.40. The van der Waals surface area contributed by atoms with Crippen LogP contribution in [-0.2, 0) is 22.5 Å². The molecule has 9 nitrogen and oxygen atoms in total. The summed E-state index contributed by atoms with van der Waals surface area (Å²) in [5.41, 5.74) is 0.480. The number of carbonyl (C=O) groups excluding carboxylic acids is 2. The van der Waals surface area contributed by atoms with Crippen LogP contribution in [0, 0.1) is 10.1 Å². The fraction of sp³-hybridized carbons (Fsp3) is 0.267. The number of rotatable bonds is 7. The number of non-ortho nitro benzene ring substituents is 1. The third kappa shape index (κ3) is 5.84. The maximum atomic E-state index is 11.7. The van der Waals surface area contributed by atoms with Crippen LogP contribution in [0.4, 0.5) is 10.5 Å². The number of nitro benzene ring substituents is 1. The van der Waals surface area contributed by atoms with E-state index in [4.69, 9.17) is 9.47 Å². The van der Waals surface area contributed by atoms with E-state index in [1.165, 1.54) is 35.6 Å². The van der Waals surface area contributed by atoms with Gasteiger partial charge < -0.3 is 14.8 Å². The summed E-state index contributed by atoms with van der Waals surface area (Å²) in [5.74, 6) is -0.171. The molecule has 2 rings (SSSR count). The maximum absolute atomic E-state index is 11.7. The minimum absolute atomic E-state index is 0.0809. The van der Waals surface area contributed by atoms with Gasteiger partial charge in [0.1, 0.15) is 10.8 Å². The molecule has 1 amide bonds. The Bertz CT molecular complexity index is 759. The Labute approximate surface area is 146 Å². The van der Waals surface area contributed by atoms with Gasteiger partial charge in [0, 0.05) is 17.5 Å². The lowest BCUT2D eigenvalue weighted by Crippen LogP contribution is -2.26. The van der Waals surface area contributed by atoms with Crippen molar-refractivity contribution < 1.29 is 24.0 Å². The first-order valence-electron chi connectivity index (χ1n) is 7.27. The lowest BCUT2D eigenvalue weighted by molar-refractivity contribution is -0.384. The summed E-state index contributed by atoms with van der Waals surface area (Å²) >= 11 is 1.30. The first-order valence-corrected chi connectivity index (χ1v) is 8.15. The molecule has 0 aliphatic rings. The highest BCUT2D eigenvalue weighted by molar-refractivity contribution is 7.09. The van der Waals surface area contributed by atoms with E-state index in [9.17, 15) is 19.7 Å². The van der Waals surface area contributed by atoms with Gasteiger partial charge in [-0.1, -0.05) is 0 Å². The smallest absolute Gasteiger partial charge is 0.412 e.